The first kappa shape index (κ1) is 18.0. The minimum absolute atomic E-state index is 0.0114. The lowest BCUT2D eigenvalue weighted by Crippen LogP contribution is -2.33. The number of rotatable bonds is 7. The van der Waals surface area contributed by atoms with E-state index in [4.69, 9.17) is 23.2 Å². The lowest BCUT2D eigenvalue weighted by molar-refractivity contribution is -0.116. The Morgan fingerprint density at radius 2 is 1.95 bits per heavy atom. The van der Waals surface area contributed by atoms with E-state index in [1.807, 2.05) is 0 Å². The van der Waals surface area contributed by atoms with Crippen LogP contribution in [-0.4, -0.2) is 38.0 Å². The zero-order valence-corrected chi connectivity index (χ0v) is 13.8. The van der Waals surface area contributed by atoms with Crippen LogP contribution in [0.5, 0.6) is 0 Å². The molecule has 0 saturated carbocycles. The molecule has 5 nitrogen and oxygen atoms in total. The topological polar surface area (TPSA) is 66.5 Å². The summed E-state index contributed by atoms with van der Waals surface area (Å²) in [5, 5.41) is 3.22. The van der Waals surface area contributed by atoms with Crippen molar-refractivity contribution in [1.29, 1.82) is 0 Å². The first-order valence-electron chi connectivity index (χ1n) is 6.05. The third kappa shape index (κ3) is 5.67. The van der Waals surface area contributed by atoms with Gasteiger partial charge in [0.2, 0.25) is 15.9 Å². The molecule has 0 aliphatic carbocycles. The van der Waals surface area contributed by atoms with Crippen molar-refractivity contribution in [3.8, 4) is 0 Å². The fraction of sp³-hybridized carbons (Fsp3) is 0.308. The van der Waals surface area contributed by atoms with Crippen LogP contribution in [0.3, 0.4) is 0 Å². The molecule has 0 unspecified atom stereocenters. The standard InChI is InChI=1S/C13H16Cl2N2O3S/c1-3-8-17(21(2,19)20)9-7-12(18)16-13-10(14)5-4-6-11(13)15/h3-6H,1,7-9H2,2H3,(H,16,18). The molecule has 21 heavy (non-hydrogen) atoms. The number of hydrogen-bond acceptors (Lipinski definition) is 3. The Morgan fingerprint density at radius 1 is 1.38 bits per heavy atom. The number of nitrogens with one attached hydrogen (secondary N) is 1. The maximum atomic E-state index is 11.9. The van der Waals surface area contributed by atoms with Crippen LogP contribution in [0.4, 0.5) is 5.69 Å². The van der Waals surface area contributed by atoms with Crippen molar-refractivity contribution < 1.29 is 13.2 Å². The predicted octanol–water partition coefficient (Wildman–Crippen LogP) is 2.77. The summed E-state index contributed by atoms with van der Waals surface area (Å²) in [5.41, 5.74) is 0.320. The van der Waals surface area contributed by atoms with Gasteiger partial charge in [-0.15, -0.1) is 6.58 Å². The summed E-state index contributed by atoms with van der Waals surface area (Å²) < 4.78 is 24.2. The average molecular weight is 351 g/mol. The van der Waals surface area contributed by atoms with Gasteiger partial charge in [0.25, 0.3) is 0 Å². The summed E-state index contributed by atoms with van der Waals surface area (Å²) in [7, 11) is -3.38. The third-order valence-electron chi connectivity index (χ3n) is 2.62. The summed E-state index contributed by atoms with van der Waals surface area (Å²) in [6.07, 6.45) is 2.53. The summed E-state index contributed by atoms with van der Waals surface area (Å²) in [6, 6.07) is 4.86. The number of nitrogens with zero attached hydrogens (tertiary/aromatic N) is 1. The molecule has 0 aliphatic heterocycles. The highest BCUT2D eigenvalue weighted by Crippen LogP contribution is 2.29. The fourth-order valence-corrected chi connectivity index (χ4v) is 2.87. The van der Waals surface area contributed by atoms with Gasteiger partial charge in [-0.3, -0.25) is 4.79 Å². The predicted molar refractivity (Wildman–Crippen MR) is 86.3 cm³/mol. The van der Waals surface area contributed by atoms with E-state index in [-0.39, 0.29) is 25.4 Å². The molecule has 116 valence electrons. The van der Waals surface area contributed by atoms with Crippen LogP contribution < -0.4 is 5.32 Å². The lowest BCUT2D eigenvalue weighted by Gasteiger charge is -2.17. The van der Waals surface area contributed by atoms with Gasteiger partial charge in [0.05, 0.1) is 22.0 Å². The molecule has 0 heterocycles. The van der Waals surface area contributed by atoms with Crippen molar-refractivity contribution in [1.82, 2.24) is 4.31 Å². The molecule has 1 aromatic rings. The number of sulfonamides is 1. The van der Waals surface area contributed by atoms with E-state index in [9.17, 15) is 13.2 Å². The normalized spacial score (nSPS) is 11.4. The van der Waals surface area contributed by atoms with E-state index < -0.39 is 10.0 Å². The Hall–Kier alpha value is -1.08. The largest absolute Gasteiger partial charge is 0.324 e. The highest BCUT2D eigenvalue weighted by molar-refractivity contribution is 7.88. The molecular formula is C13H16Cl2N2O3S. The van der Waals surface area contributed by atoms with E-state index in [2.05, 4.69) is 11.9 Å². The Morgan fingerprint density at radius 3 is 2.43 bits per heavy atom. The van der Waals surface area contributed by atoms with Crippen molar-refractivity contribution >= 4 is 44.8 Å². The molecule has 0 atom stereocenters. The fourth-order valence-electron chi connectivity index (χ4n) is 1.58. The summed E-state index contributed by atoms with van der Waals surface area (Å²) in [4.78, 5) is 11.9. The Balaban J connectivity index is 2.68. The van der Waals surface area contributed by atoms with Crippen molar-refractivity contribution in [2.75, 3.05) is 24.7 Å². The second kappa shape index (κ2) is 7.79. The minimum Gasteiger partial charge on any atom is -0.324 e. The van der Waals surface area contributed by atoms with Gasteiger partial charge >= 0.3 is 0 Å². The highest BCUT2D eigenvalue weighted by Gasteiger charge is 2.17. The average Bonchev–Trinajstić information content (AvgIpc) is 2.37. The molecule has 1 amide bonds. The second-order valence-electron chi connectivity index (χ2n) is 4.30. The number of hydrogen-bond donors (Lipinski definition) is 1. The van der Waals surface area contributed by atoms with Gasteiger partial charge in [-0.2, -0.15) is 4.31 Å². The van der Waals surface area contributed by atoms with E-state index >= 15 is 0 Å². The summed E-state index contributed by atoms with van der Waals surface area (Å²) >= 11 is 11.9. The number of amides is 1. The van der Waals surface area contributed by atoms with Gasteiger partial charge in [-0.25, -0.2) is 8.42 Å². The van der Waals surface area contributed by atoms with Gasteiger partial charge in [0, 0.05) is 19.5 Å². The lowest BCUT2D eigenvalue weighted by atomic mass is 10.3. The number of halogens is 2. The van der Waals surface area contributed by atoms with Crippen LogP contribution in [0.1, 0.15) is 6.42 Å². The molecule has 1 N–H and O–H groups in total. The molecule has 0 radical (unpaired) electrons. The van der Waals surface area contributed by atoms with E-state index in [0.717, 1.165) is 10.6 Å². The van der Waals surface area contributed by atoms with Gasteiger partial charge in [0.1, 0.15) is 0 Å². The molecule has 0 bridgehead atoms. The van der Waals surface area contributed by atoms with E-state index in [1.165, 1.54) is 6.08 Å². The second-order valence-corrected chi connectivity index (χ2v) is 7.10. The van der Waals surface area contributed by atoms with Gasteiger partial charge < -0.3 is 5.32 Å². The molecule has 0 aromatic heterocycles. The molecule has 0 aliphatic rings. The Labute approximate surface area is 134 Å². The summed E-state index contributed by atoms with van der Waals surface area (Å²) in [6.45, 7) is 3.70. The third-order valence-corrected chi connectivity index (χ3v) is 4.52. The monoisotopic (exact) mass is 350 g/mol. The molecule has 0 saturated heterocycles. The van der Waals surface area contributed by atoms with Crippen LogP contribution in [0.15, 0.2) is 30.9 Å². The molecule has 0 spiro atoms. The highest BCUT2D eigenvalue weighted by atomic mass is 35.5. The SMILES string of the molecule is C=CCN(CCC(=O)Nc1c(Cl)cccc1Cl)S(C)(=O)=O. The van der Waals surface area contributed by atoms with Gasteiger partial charge in [-0.1, -0.05) is 35.3 Å². The molecule has 8 heteroatoms. The molecule has 1 aromatic carbocycles. The molecule has 1 rings (SSSR count). The van der Waals surface area contributed by atoms with Crippen molar-refractivity contribution in [2.45, 2.75) is 6.42 Å². The van der Waals surface area contributed by atoms with Crippen LogP contribution in [0, 0.1) is 0 Å². The van der Waals surface area contributed by atoms with Crippen LogP contribution in [-0.2, 0) is 14.8 Å². The Kier molecular flexibility index (Phi) is 6.67. The number of carbonyl (C=O) groups is 1. The quantitative estimate of drug-likeness (QED) is 0.768. The van der Waals surface area contributed by atoms with Crippen LogP contribution in [0.2, 0.25) is 10.0 Å². The number of benzene rings is 1. The minimum atomic E-state index is -3.38. The number of anilines is 1. The molecule has 0 fully saturated rings. The maximum absolute atomic E-state index is 11.9. The van der Waals surface area contributed by atoms with E-state index in [0.29, 0.717) is 15.7 Å². The maximum Gasteiger partial charge on any atom is 0.225 e. The smallest absolute Gasteiger partial charge is 0.225 e. The van der Waals surface area contributed by atoms with Crippen molar-refractivity contribution in [3.63, 3.8) is 0 Å². The first-order chi connectivity index (χ1) is 9.75. The first-order valence-corrected chi connectivity index (χ1v) is 8.66. The molecular weight excluding hydrogens is 335 g/mol. The van der Waals surface area contributed by atoms with Crippen molar-refractivity contribution in [3.05, 3.63) is 40.9 Å². The van der Waals surface area contributed by atoms with E-state index in [1.54, 1.807) is 18.2 Å². The van der Waals surface area contributed by atoms with Crippen molar-refractivity contribution in [2.24, 2.45) is 0 Å². The number of carbonyl (C=O) groups excluding carboxylic acids is 1. The van der Waals surface area contributed by atoms with Gasteiger partial charge in [0.15, 0.2) is 0 Å². The Bertz CT molecular complexity index is 612. The number of para-hydroxylation sites is 1. The van der Waals surface area contributed by atoms with Crippen LogP contribution >= 0.6 is 23.2 Å². The van der Waals surface area contributed by atoms with Gasteiger partial charge in [-0.05, 0) is 12.1 Å². The zero-order chi connectivity index (χ0) is 16.0. The summed E-state index contributed by atoms with van der Waals surface area (Å²) in [5.74, 6) is -0.372. The van der Waals surface area contributed by atoms with Crippen LogP contribution in [0.25, 0.3) is 0 Å². The zero-order valence-electron chi connectivity index (χ0n) is 11.5.